The zero-order valence-corrected chi connectivity index (χ0v) is 20.3. The number of aliphatic hydroxyl groups excluding tert-OH is 2. The van der Waals surface area contributed by atoms with Crippen LogP contribution in [-0.2, 0) is 16.1 Å². The second-order valence-electron chi connectivity index (χ2n) is 9.29. The molecule has 7 heteroatoms. The number of carbonyl (C=O) groups excluding carboxylic acids is 2. The summed E-state index contributed by atoms with van der Waals surface area (Å²) in [5, 5.41) is 23.5. The summed E-state index contributed by atoms with van der Waals surface area (Å²) in [6.07, 6.45) is 2.00. The first-order valence-electron chi connectivity index (χ1n) is 12.3. The third-order valence-electron chi connectivity index (χ3n) is 6.78. The molecule has 4 rings (SSSR count). The molecular formula is C28H34N2O5. The Balaban J connectivity index is 1.74. The van der Waals surface area contributed by atoms with E-state index in [0.717, 1.165) is 29.5 Å². The molecule has 2 aliphatic rings. The van der Waals surface area contributed by atoms with E-state index in [-0.39, 0.29) is 25.0 Å². The third-order valence-corrected chi connectivity index (χ3v) is 6.78. The first-order valence-corrected chi connectivity index (χ1v) is 12.3. The van der Waals surface area contributed by atoms with Crippen molar-refractivity contribution in [1.29, 1.82) is 0 Å². The number of fused-ring (bicyclic) bond motifs is 3. The first kappa shape index (κ1) is 24.9. The summed E-state index contributed by atoms with van der Waals surface area (Å²) < 4.78 is 6.16. The predicted octanol–water partition coefficient (Wildman–Crippen LogP) is 2.84. The van der Waals surface area contributed by atoms with Crippen LogP contribution in [0.25, 0.3) is 0 Å². The Morgan fingerprint density at radius 1 is 1.11 bits per heavy atom. The molecule has 0 fully saturated rings. The number of aryl methyl sites for hydroxylation is 1. The van der Waals surface area contributed by atoms with E-state index >= 15 is 0 Å². The van der Waals surface area contributed by atoms with Gasteiger partial charge in [0.2, 0.25) is 11.8 Å². The fraction of sp³-hybridized carbons (Fsp3) is 0.429. The lowest BCUT2D eigenvalue weighted by molar-refractivity contribution is -0.138. The van der Waals surface area contributed by atoms with Crippen LogP contribution in [0.3, 0.4) is 0 Å². The Hall–Kier alpha value is -3.16. The summed E-state index contributed by atoms with van der Waals surface area (Å²) >= 11 is 0. The van der Waals surface area contributed by atoms with E-state index in [9.17, 15) is 19.8 Å². The quantitative estimate of drug-likeness (QED) is 0.515. The number of hydrogen-bond acceptors (Lipinski definition) is 5. The monoisotopic (exact) mass is 478 g/mol. The van der Waals surface area contributed by atoms with Crippen molar-refractivity contribution in [2.45, 2.75) is 63.8 Å². The third kappa shape index (κ3) is 5.26. The Kier molecular flexibility index (Phi) is 7.88. The summed E-state index contributed by atoms with van der Waals surface area (Å²) in [5.74, 6) is -0.229. The molecule has 4 atom stereocenters. The Morgan fingerprint density at radius 3 is 2.57 bits per heavy atom. The van der Waals surface area contributed by atoms with E-state index in [1.54, 1.807) is 11.0 Å². The standard InChI is InChI=1S/C28H34N2O5/c1-3-4-9-24(32)30(17-19-12-10-18(2)11-13-19)22-16-21(28(34)29-14-15-31)25-20-7-5-6-8-23(20)35-27(25)26(22)33/h5-8,10-13,16,22,25-27,31,33H,3-4,9,14-15,17H2,1-2H3,(H,29,34). The molecule has 186 valence electrons. The van der Waals surface area contributed by atoms with Gasteiger partial charge in [0.1, 0.15) is 18.0 Å². The molecule has 0 saturated heterocycles. The first-order chi connectivity index (χ1) is 16.9. The average Bonchev–Trinajstić information content (AvgIpc) is 3.26. The van der Waals surface area contributed by atoms with Crippen LogP contribution in [0.2, 0.25) is 0 Å². The van der Waals surface area contributed by atoms with Gasteiger partial charge in [-0.1, -0.05) is 61.4 Å². The number of ether oxygens (including phenoxy) is 1. The lowest BCUT2D eigenvalue weighted by atomic mass is 9.77. The number of benzene rings is 2. The van der Waals surface area contributed by atoms with E-state index in [2.05, 4.69) is 5.32 Å². The van der Waals surface area contributed by atoms with E-state index in [1.165, 1.54) is 0 Å². The highest BCUT2D eigenvalue weighted by atomic mass is 16.5. The number of unbranched alkanes of at least 4 members (excludes halogenated alkanes) is 1. The minimum absolute atomic E-state index is 0.0724. The molecule has 2 amide bonds. The number of rotatable bonds is 9. The van der Waals surface area contributed by atoms with Crippen molar-refractivity contribution >= 4 is 11.8 Å². The fourth-order valence-electron chi connectivity index (χ4n) is 4.91. The van der Waals surface area contributed by atoms with E-state index in [4.69, 9.17) is 4.74 Å². The molecule has 1 aliphatic carbocycles. The molecular weight excluding hydrogens is 444 g/mol. The summed E-state index contributed by atoms with van der Waals surface area (Å²) in [4.78, 5) is 28.3. The number of aliphatic hydroxyl groups is 2. The molecule has 1 heterocycles. The van der Waals surface area contributed by atoms with Crippen LogP contribution >= 0.6 is 0 Å². The summed E-state index contributed by atoms with van der Waals surface area (Å²) in [6, 6.07) is 14.7. The van der Waals surface area contributed by atoms with Gasteiger partial charge in [-0.15, -0.1) is 0 Å². The van der Waals surface area contributed by atoms with Gasteiger partial charge in [0.25, 0.3) is 0 Å². The van der Waals surface area contributed by atoms with Crippen molar-refractivity contribution in [3.63, 3.8) is 0 Å². The van der Waals surface area contributed by atoms with Crippen LogP contribution in [0.5, 0.6) is 5.75 Å². The van der Waals surface area contributed by atoms with Gasteiger partial charge in [-0.3, -0.25) is 9.59 Å². The molecule has 2 aromatic rings. The number of carbonyl (C=O) groups is 2. The molecule has 0 spiro atoms. The lowest BCUT2D eigenvalue weighted by Crippen LogP contribution is -2.55. The van der Waals surface area contributed by atoms with Gasteiger partial charge < -0.3 is 25.2 Å². The largest absolute Gasteiger partial charge is 0.486 e. The van der Waals surface area contributed by atoms with Crippen LogP contribution in [-0.4, -0.2) is 58.3 Å². The average molecular weight is 479 g/mol. The Bertz CT molecular complexity index is 1080. The smallest absolute Gasteiger partial charge is 0.247 e. The molecule has 35 heavy (non-hydrogen) atoms. The molecule has 2 aromatic carbocycles. The van der Waals surface area contributed by atoms with E-state index in [1.807, 2.05) is 62.4 Å². The SMILES string of the molecule is CCCCC(=O)N(Cc1ccc(C)cc1)C1C=C(C(=O)NCCO)C2c3ccccc3OC2C1O. The van der Waals surface area contributed by atoms with Gasteiger partial charge in [0.05, 0.1) is 18.6 Å². The number of nitrogens with one attached hydrogen (secondary N) is 1. The second kappa shape index (κ2) is 11.1. The van der Waals surface area contributed by atoms with Gasteiger partial charge in [-0.2, -0.15) is 0 Å². The molecule has 1 aliphatic heterocycles. The van der Waals surface area contributed by atoms with E-state index < -0.39 is 24.2 Å². The minimum atomic E-state index is -1.02. The number of hydrogen-bond donors (Lipinski definition) is 3. The van der Waals surface area contributed by atoms with Crippen LogP contribution < -0.4 is 10.1 Å². The highest BCUT2D eigenvalue weighted by Crippen LogP contribution is 2.47. The molecule has 3 N–H and O–H groups in total. The summed E-state index contributed by atoms with van der Waals surface area (Å²) in [7, 11) is 0. The van der Waals surface area contributed by atoms with Crippen LogP contribution in [0.15, 0.2) is 60.2 Å². The van der Waals surface area contributed by atoms with Crippen LogP contribution in [0.4, 0.5) is 0 Å². The van der Waals surface area contributed by atoms with Gasteiger partial charge in [0.15, 0.2) is 0 Å². The minimum Gasteiger partial charge on any atom is -0.486 e. The van der Waals surface area contributed by atoms with Crippen molar-refractivity contribution in [2.24, 2.45) is 0 Å². The highest BCUT2D eigenvalue weighted by molar-refractivity contribution is 5.96. The van der Waals surface area contributed by atoms with Crippen molar-refractivity contribution in [3.8, 4) is 5.75 Å². The number of amides is 2. The fourth-order valence-corrected chi connectivity index (χ4v) is 4.91. The second-order valence-corrected chi connectivity index (χ2v) is 9.29. The van der Waals surface area contributed by atoms with Gasteiger partial charge in [-0.25, -0.2) is 0 Å². The van der Waals surface area contributed by atoms with E-state index in [0.29, 0.717) is 24.3 Å². The normalized spacial score (nSPS) is 22.5. The molecule has 7 nitrogen and oxygen atoms in total. The van der Waals surface area contributed by atoms with Gasteiger partial charge in [-0.05, 0) is 31.1 Å². The predicted molar refractivity (Wildman–Crippen MR) is 133 cm³/mol. The number of nitrogens with zero attached hydrogens (tertiary/aromatic N) is 1. The van der Waals surface area contributed by atoms with Gasteiger partial charge in [0, 0.05) is 30.6 Å². The molecule has 0 radical (unpaired) electrons. The zero-order chi connectivity index (χ0) is 24.9. The Morgan fingerprint density at radius 2 is 1.86 bits per heavy atom. The van der Waals surface area contributed by atoms with Crippen molar-refractivity contribution in [3.05, 3.63) is 76.9 Å². The lowest BCUT2D eigenvalue weighted by Gasteiger charge is -2.41. The molecule has 0 saturated carbocycles. The Labute approximate surface area is 206 Å². The van der Waals surface area contributed by atoms with Crippen LogP contribution in [0, 0.1) is 6.92 Å². The van der Waals surface area contributed by atoms with Crippen molar-refractivity contribution < 1.29 is 24.5 Å². The zero-order valence-electron chi connectivity index (χ0n) is 20.3. The highest BCUT2D eigenvalue weighted by Gasteiger charge is 2.50. The molecule has 0 aromatic heterocycles. The van der Waals surface area contributed by atoms with Gasteiger partial charge >= 0.3 is 0 Å². The van der Waals surface area contributed by atoms with Crippen LogP contribution in [0.1, 0.15) is 48.8 Å². The maximum absolute atomic E-state index is 13.4. The maximum Gasteiger partial charge on any atom is 0.247 e. The van der Waals surface area contributed by atoms with Crippen molar-refractivity contribution in [1.82, 2.24) is 10.2 Å². The molecule has 0 bridgehead atoms. The topological polar surface area (TPSA) is 99.1 Å². The van der Waals surface area contributed by atoms with Crippen molar-refractivity contribution in [2.75, 3.05) is 13.2 Å². The summed E-state index contributed by atoms with van der Waals surface area (Å²) in [6.45, 7) is 4.29. The molecule has 4 unspecified atom stereocenters. The number of para-hydroxylation sites is 1. The summed E-state index contributed by atoms with van der Waals surface area (Å²) in [5.41, 5.74) is 3.35. The maximum atomic E-state index is 13.4.